The summed E-state index contributed by atoms with van der Waals surface area (Å²) in [6.45, 7) is 1.65. The highest BCUT2D eigenvalue weighted by Crippen LogP contribution is 2.11. The van der Waals surface area contributed by atoms with Gasteiger partial charge in [0.1, 0.15) is 0 Å². The molecule has 1 rings (SSSR count). The van der Waals surface area contributed by atoms with Gasteiger partial charge in [-0.25, -0.2) is 13.1 Å². The lowest BCUT2D eigenvalue weighted by Gasteiger charge is -2.12. The second kappa shape index (κ2) is 6.09. The summed E-state index contributed by atoms with van der Waals surface area (Å²) < 4.78 is 37.4. The summed E-state index contributed by atoms with van der Waals surface area (Å²) >= 11 is 0. The van der Waals surface area contributed by atoms with E-state index < -0.39 is 26.9 Å². The molecule has 1 N–H and O–H groups in total. The summed E-state index contributed by atoms with van der Waals surface area (Å²) in [7, 11) is -4.75. The predicted molar refractivity (Wildman–Crippen MR) is 69.9 cm³/mol. The van der Waals surface area contributed by atoms with Crippen LogP contribution in [0.4, 0.5) is 0 Å². The van der Waals surface area contributed by atoms with Crippen molar-refractivity contribution in [1.29, 1.82) is 5.26 Å². The molecule has 1 aromatic carbocycles. The van der Waals surface area contributed by atoms with E-state index in [9.17, 15) is 12.6 Å². The average molecular weight is 286 g/mol. The molecule has 0 bridgehead atoms. The lowest BCUT2D eigenvalue weighted by molar-refractivity contribution is 0.570. The summed E-state index contributed by atoms with van der Waals surface area (Å²) in [6, 6.07) is 7.22. The minimum atomic E-state index is -3.67. The molecular weight excluding hydrogens is 272 g/mol. The average Bonchev–Trinajstić information content (AvgIpc) is 2.27. The predicted octanol–water partition coefficient (Wildman–Crippen LogP) is 0.604. The Hall–Kier alpha value is -1.23. The summed E-state index contributed by atoms with van der Waals surface area (Å²) in [5.41, 5.74) is 0.282. The third-order valence-corrected chi connectivity index (χ3v) is 4.67. The lowest BCUT2D eigenvalue weighted by atomic mass is 10.2. The molecule has 5 nitrogen and oxygen atoms in total. The van der Waals surface area contributed by atoms with Crippen LogP contribution in [0.3, 0.4) is 0 Å². The second-order valence-electron chi connectivity index (χ2n) is 3.90. The van der Waals surface area contributed by atoms with Crippen molar-refractivity contribution in [2.45, 2.75) is 17.9 Å². The Balaban J connectivity index is 2.93. The zero-order chi connectivity index (χ0) is 13.8. The zero-order valence-corrected chi connectivity index (χ0v) is 11.7. The number of benzene rings is 1. The van der Waals surface area contributed by atoms with Crippen LogP contribution in [0.15, 0.2) is 29.2 Å². The van der Waals surface area contributed by atoms with Crippen molar-refractivity contribution in [3.63, 3.8) is 0 Å². The van der Waals surface area contributed by atoms with Crippen LogP contribution in [0.1, 0.15) is 12.5 Å². The number of hydrogen-bond donors (Lipinski definition) is 1. The molecular formula is C11H14N2O3S2. The van der Waals surface area contributed by atoms with Crippen LogP contribution in [0, 0.1) is 11.3 Å². The zero-order valence-electron chi connectivity index (χ0n) is 10.1. The Morgan fingerprint density at radius 3 is 2.72 bits per heavy atom. The smallest absolute Gasteiger partial charge is 0.240 e. The van der Waals surface area contributed by atoms with Gasteiger partial charge in [-0.1, -0.05) is 6.07 Å². The second-order valence-corrected chi connectivity index (χ2v) is 7.10. The van der Waals surface area contributed by atoms with E-state index in [0.717, 1.165) is 0 Å². The van der Waals surface area contributed by atoms with Gasteiger partial charge >= 0.3 is 0 Å². The van der Waals surface area contributed by atoms with Crippen molar-refractivity contribution >= 4 is 20.8 Å². The Kier molecular flexibility index (Phi) is 5.02. The molecule has 18 heavy (non-hydrogen) atoms. The van der Waals surface area contributed by atoms with Crippen LogP contribution in [-0.2, 0) is 20.8 Å². The molecule has 0 aliphatic heterocycles. The van der Waals surface area contributed by atoms with Crippen LogP contribution in [0.25, 0.3) is 0 Å². The van der Waals surface area contributed by atoms with Gasteiger partial charge in [-0.05, 0) is 25.1 Å². The molecule has 0 fully saturated rings. The number of hydrogen-bond acceptors (Lipinski definition) is 4. The Morgan fingerprint density at radius 2 is 2.17 bits per heavy atom. The molecule has 0 heterocycles. The molecule has 7 heteroatoms. The van der Waals surface area contributed by atoms with Gasteiger partial charge in [0.15, 0.2) is 0 Å². The van der Waals surface area contributed by atoms with Crippen molar-refractivity contribution in [3.05, 3.63) is 29.8 Å². The first-order valence-electron chi connectivity index (χ1n) is 5.17. The number of rotatable bonds is 5. The maximum atomic E-state index is 12.0. The SMILES string of the molecule is CC(CS(C)=O)NS(=O)(=O)c1cccc(C#N)c1. The highest BCUT2D eigenvalue weighted by Gasteiger charge is 2.18. The van der Waals surface area contributed by atoms with Crippen LogP contribution >= 0.6 is 0 Å². The van der Waals surface area contributed by atoms with Crippen molar-refractivity contribution in [3.8, 4) is 6.07 Å². The van der Waals surface area contributed by atoms with Crippen molar-refractivity contribution < 1.29 is 12.6 Å². The first kappa shape index (κ1) is 14.8. The van der Waals surface area contributed by atoms with Gasteiger partial charge in [-0.3, -0.25) is 4.21 Å². The normalized spacial score (nSPS) is 14.7. The fourth-order valence-electron chi connectivity index (χ4n) is 1.45. The van der Waals surface area contributed by atoms with Crippen molar-refractivity contribution in [1.82, 2.24) is 4.72 Å². The molecule has 1 aromatic rings. The van der Waals surface area contributed by atoms with Gasteiger partial charge in [-0.15, -0.1) is 0 Å². The number of nitrogens with zero attached hydrogens (tertiary/aromatic N) is 1. The number of nitriles is 1. The van der Waals surface area contributed by atoms with E-state index in [1.165, 1.54) is 30.5 Å². The lowest BCUT2D eigenvalue weighted by Crippen LogP contribution is -2.36. The van der Waals surface area contributed by atoms with Crippen molar-refractivity contribution in [2.24, 2.45) is 0 Å². The van der Waals surface area contributed by atoms with Gasteiger partial charge in [0.25, 0.3) is 0 Å². The minimum Gasteiger partial charge on any atom is -0.260 e. The molecule has 2 unspecified atom stereocenters. The number of nitrogens with one attached hydrogen (secondary N) is 1. The Bertz CT molecular complexity index is 591. The first-order valence-corrected chi connectivity index (χ1v) is 8.38. The van der Waals surface area contributed by atoms with Gasteiger partial charge in [0, 0.05) is 28.9 Å². The Morgan fingerprint density at radius 1 is 1.50 bits per heavy atom. The summed E-state index contributed by atoms with van der Waals surface area (Å²) in [4.78, 5) is 0.0373. The topological polar surface area (TPSA) is 87.0 Å². The highest BCUT2D eigenvalue weighted by molar-refractivity contribution is 7.89. The summed E-state index contributed by atoms with van der Waals surface area (Å²) in [5.74, 6) is 0.247. The van der Waals surface area contributed by atoms with Crippen LogP contribution in [0.5, 0.6) is 0 Å². The third-order valence-electron chi connectivity index (χ3n) is 2.11. The molecule has 98 valence electrons. The standard InChI is InChI=1S/C11H14N2O3S2/c1-9(8-17(2)14)13-18(15,16)11-5-3-4-10(6-11)7-12/h3-6,9,13H,8H2,1-2H3. The van der Waals surface area contributed by atoms with Gasteiger partial charge in [0.2, 0.25) is 10.0 Å². The molecule has 2 atom stereocenters. The maximum Gasteiger partial charge on any atom is 0.240 e. The van der Waals surface area contributed by atoms with Crippen LogP contribution in [0.2, 0.25) is 0 Å². The minimum absolute atomic E-state index is 0.0373. The van der Waals surface area contributed by atoms with E-state index in [-0.39, 0.29) is 16.2 Å². The van der Waals surface area contributed by atoms with Crippen molar-refractivity contribution in [2.75, 3.05) is 12.0 Å². The molecule has 0 radical (unpaired) electrons. The molecule has 0 spiro atoms. The van der Waals surface area contributed by atoms with E-state index in [1.807, 2.05) is 6.07 Å². The van der Waals surface area contributed by atoms with E-state index >= 15 is 0 Å². The van der Waals surface area contributed by atoms with Gasteiger partial charge in [-0.2, -0.15) is 5.26 Å². The fraction of sp³-hybridized carbons (Fsp3) is 0.364. The van der Waals surface area contributed by atoms with E-state index in [4.69, 9.17) is 5.26 Å². The first-order chi connectivity index (χ1) is 8.35. The molecule has 0 saturated heterocycles. The highest BCUT2D eigenvalue weighted by atomic mass is 32.2. The molecule has 0 aliphatic rings. The van der Waals surface area contributed by atoms with E-state index in [1.54, 1.807) is 6.92 Å². The molecule has 0 amide bonds. The molecule has 0 saturated carbocycles. The van der Waals surface area contributed by atoms with Crippen LogP contribution < -0.4 is 4.72 Å². The summed E-state index contributed by atoms with van der Waals surface area (Å²) in [5, 5.41) is 8.72. The number of sulfonamides is 1. The molecule has 0 aliphatic carbocycles. The fourth-order valence-corrected chi connectivity index (χ4v) is 3.63. The third kappa shape index (κ3) is 4.22. The Labute approximate surface area is 109 Å². The van der Waals surface area contributed by atoms with E-state index in [2.05, 4.69) is 4.72 Å². The summed E-state index contributed by atoms with van der Waals surface area (Å²) in [6.07, 6.45) is 1.51. The van der Waals surface area contributed by atoms with Gasteiger partial charge < -0.3 is 0 Å². The van der Waals surface area contributed by atoms with Crippen LogP contribution in [-0.4, -0.2) is 30.7 Å². The maximum absolute atomic E-state index is 12.0. The quantitative estimate of drug-likeness (QED) is 0.859. The largest absolute Gasteiger partial charge is 0.260 e. The molecule has 0 aromatic heterocycles. The van der Waals surface area contributed by atoms with Gasteiger partial charge in [0.05, 0.1) is 16.5 Å². The monoisotopic (exact) mass is 286 g/mol. The van der Waals surface area contributed by atoms with E-state index in [0.29, 0.717) is 0 Å².